The molecule has 1 aliphatic heterocycles. The Balaban J connectivity index is 1.91. The van der Waals surface area contributed by atoms with Gasteiger partial charge >= 0.3 is 0 Å². The lowest BCUT2D eigenvalue weighted by Crippen LogP contribution is -2.31. The molecule has 0 atom stereocenters. The van der Waals surface area contributed by atoms with Crippen molar-refractivity contribution in [1.82, 2.24) is 14.1 Å². The zero-order chi connectivity index (χ0) is 22.9. The Morgan fingerprint density at radius 2 is 1.77 bits per heavy atom. The van der Waals surface area contributed by atoms with E-state index in [0.29, 0.717) is 16.1 Å². The molecule has 0 saturated carbocycles. The van der Waals surface area contributed by atoms with Crippen molar-refractivity contribution in [3.05, 3.63) is 45.8 Å². The van der Waals surface area contributed by atoms with Gasteiger partial charge in [-0.2, -0.15) is 0 Å². The highest BCUT2D eigenvalue weighted by Crippen LogP contribution is 2.38. The maximum Gasteiger partial charge on any atom is 0.256 e. The number of thiophene rings is 1. The fraction of sp³-hybridized carbons (Fsp3) is 0.429. The highest BCUT2D eigenvalue weighted by Gasteiger charge is 2.29. The topological polar surface area (TPSA) is 90.0 Å². The van der Waals surface area contributed by atoms with E-state index >= 15 is 0 Å². The van der Waals surface area contributed by atoms with Gasteiger partial charge in [-0.3, -0.25) is 14.5 Å². The summed E-state index contributed by atoms with van der Waals surface area (Å²) in [5.74, 6) is -0.516. The van der Waals surface area contributed by atoms with Gasteiger partial charge in [0.1, 0.15) is 5.00 Å². The van der Waals surface area contributed by atoms with Crippen LogP contribution in [-0.2, 0) is 23.0 Å². The van der Waals surface area contributed by atoms with Gasteiger partial charge in [-0.25, -0.2) is 12.7 Å². The van der Waals surface area contributed by atoms with E-state index in [1.165, 1.54) is 54.6 Å². The van der Waals surface area contributed by atoms with Crippen LogP contribution in [0.1, 0.15) is 38.1 Å². The number of amides is 2. The van der Waals surface area contributed by atoms with Crippen LogP contribution < -0.4 is 5.32 Å². The summed E-state index contributed by atoms with van der Waals surface area (Å²) in [7, 11) is 2.74. The number of carbonyl (C=O) groups is 2. The van der Waals surface area contributed by atoms with Crippen LogP contribution in [0, 0.1) is 0 Å². The second-order valence-electron chi connectivity index (χ2n) is 7.79. The number of hydrogen-bond acceptors (Lipinski definition) is 6. The second kappa shape index (κ2) is 9.07. The SMILES string of the molecule is CCN1CCc2c(sc(NC(=O)c3ccc(S(=O)(=O)N(C)C)cc3)c2C(=O)N(C)C)C1. The Hall–Kier alpha value is -2.27. The highest BCUT2D eigenvalue weighted by atomic mass is 32.2. The fourth-order valence-electron chi connectivity index (χ4n) is 3.43. The van der Waals surface area contributed by atoms with Gasteiger partial charge in [0.25, 0.3) is 11.8 Å². The van der Waals surface area contributed by atoms with Gasteiger partial charge in [0.05, 0.1) is 10.5 Å². The number of benzene rings is 1. The summed E-state index contributed by atoms with van der Waals surface area (Å²) in [6.07, 6.45) is 0.765. The minimum absolute atomic E-state index is 0.115. The van der Waals surface area contributed by atoms with Crippen LogP contribution in [-0.4, -0.2) is 75.6 Å². The minimum Gasteiger partial charge on any atom is -0.345 e. The largest absolute Gasteiger partial charge is 0.345 e. The van der Waals surface area contributed by atoms with Crippen LogP contribution in [0.15, 0.2) is 29.2 Å². The lowest BCUT2D eigenvalue weighted by Gasteiger charge is -2.25. The van der Waals surface area contributed by atoms with Crippen LogP contribution in [0.5, 0.6) is 0 Å². The molecule has 1 aromatic carbocycles. The van der Waals surface area contributed by atoms with Crippen molar-refractivity contribution in [2.75, 3.05) is 46.6 Å². The molecule has 31 heavy (non-hydrogen) atoms. The van der Waals surface area contributed by atoms with E-state index in [4.69, 9.17) is 0 Å². The van der Waals surface area contributed by atoms with E-state index in [9.17, 15) is 18.0 Å². The fourth-order valence-corrected chi connectivity index (χ4v) is 5.61. The number of anilines is 1. The average Bonchev–Trinajstić information content (AvgIpc) is 3.09. The smallest absolute Gasteiger partial charge is 0.256 e. The van der Waals surface area contributed by atoms with Crippen molar-refractivity contribution in [3.8, 4) is 0 Å². The first kappa shape index (κ1) is 23.4. The van der Waals surface area contributed by atoms with Crippen LogP contribution in [0.3, 0.4) is 0 Å². The van der Waals surface area contributed by atoms with E-state index in [1.807, 2.05) is 0 Å². The van der Waals surface area contributed by atoms with E-state index in [1.54, 1.807) is 14.1 Å². The normalized spacial score (nSPS) is 14.4. The van der Waals surface area contributed by atoms with Crippen molar-refractivity contribution >= 4 is 38.2 Å². The summed E-state index contributed by atoms with van der Waals surface area (Å²) in [6, 6.07) is 5.78. The van der Waals surface area contributed by atoms with Gasteiger partial charge in [0.15, 0.2) is 0 Å². The molecule has 1 N–H and O–H groups in total. The van der Waals surface area contributed by atoms with Gasteiger partial charge in [-0.05, 0) is 42.8 Å². The Bertz CT molecular complexity index is 1090. The van der Waals surface area contributed by atoms with Crippen LogP contribution >= 0.6 is 11.3 Å². The standard InChI is InChI=1S/C21H28N4O4S2/c1-6-25-12-11-16-17(13-25)30-20(18(16)21(27)23(2)3)22-19(26)14-7-9-15(10-8-14)31(28,29)24(4)5/h7-10H,6,11-13H2,1-5H3,(H,22,26). The van der Waals surface area contributed by atoms with Crippen molar-refractivity contribution < 1.29 is 18.0 Å². The summed E-state index contributed by atoms with van der Waals surface area (Å²) < 4.78 is 25.6. The van der Waals surface area contributed by atoms with Gasteiger partial charge in [0.2, 0.25) is 10.0 Å². The molecular formula is C21H28N4O4S2. The van der Waals surface area contributed by atoms with Gasteiger partial charge in [-0.1, -0.05) is 6.92 Å². The Kier molecular flexibility index (Phi) is 6.85. The number of likely N-dealkylation sites (N-methyl/N-ethyl adjacent to an activating group) is 1. The maximum atomic E-state index is 12.9. The van der Waals surface area contributed by atoms with Crippen molar-refractivity contribution in [3.63, 3.8) is 0 Å². The molecule has 8 nitrogen and oxygen atoms in total. The van der Waals surface area contributed by atoms with E-state index in [0.717, 1.165) is 40.8 Å². The number of carbonyl (C=O) groups excluding carboxylic acids is 2. The summed E-state index contributed by atoms with van der Waals surface area (Å²) in [5.41, 5.74) is 1.89. The molecule has 0 aliphatic carbocycles. The van der Waals surface area contributed by atoms with Gasteiger partial charge < -0.3 is 10.2 Å². The Labute approximate surface area is 187 Å². The highest BCUT2D eigenvalue weighted by molar-refractivity contribution is 7.89. The third kappa shape index (κ3) is 4.67. The van der Waals surface area contributed by atoms with Crippen molar-refractivity contribution in [2.45, 2.75) is 24.8 Å². The molecule has 0 radical (unpaired) electrons. The molecule has 1 aliphatic rings. The summed E-state index contributed by atoms with van der Waals surface area (Å²) in [6.45, 7) is 4.67. The van der Waals surface area contributed by atoms with Crippen LogP contribution in [0.25, 0.3) is 0 Å². The third-order valence-corrected chi connectivity index (χ3v) is 8.29. The monoisotopic (exact) mass is 464 g/mol. The third-order valence-electron chi connectivity index (χ3n) is 5.33. The molecule has 2 heterocycles. The molecule has 1 aromatic heterocycles. The lowest BCUT2D eigenvalue weighted by molar-refractivity contribution is 0.0827. The number of fused-ring (bicyclic) bond motifs is 1. The summed E-state index contributed by atoms with van der Waals surface area (Å²) in [5, 5.41) is 3.43. The predicted octanol–water partition coefficient (Wildman–Crippen LogP) is 2.33. The molecule has 3 rings (SSSR count). The molecule has 10 heteroatoms. The molecule has 2 aromatic rings. The number of rotatable bonds is 6. The molecule has 168 valence electrons. The first-order valence-electron chi connectivity index (χ1n) is 9.98. The van der Waals surface area contributed by atoms with Crippen LogP contribution in [0.4, 0.5) is 5.00 Å². The van der Waals surface area contributed by atoms with Gasteiger partial charge in [-0.15, -0.1) is 11.3 Å². The van der Waals surface area contributed by atoms with Crippen LogP contribution in [0.2, 0.25) is 0 Å². The minimum atomic E-state index is -3.57. The molecular weight excluding hydrogens is 436 g/mol. The second-order valence-corrected chi connectivity index (χ2v) is 11.0. The molecule has 0 saturated heterocycles. The zero-order valence-electron chi connectivity index (χ0n) is 18.4. The summed E-state index contributed by atoms with van der Waals surface area (Å²) >= 11 is 1.44. The van der Waals surface area contributed by atoms with Crippen molar-refractivity contribution in [1.29, 1.82) is 0 Å². The Morgan fingerprint density at radius 3 is 2.32 bits per heavy atom. The van der Waals surface area contributed by atoms with Crippen molar-refractivity contribution in [2.24, 2.45) is 0 Å². The van der Waals surface area contributed by atoms with E-state index in [2.05, 4.69) is 17.1 Å². The number of hydrogen-bond donors (Lipinski definition) is 1. The first-order valence-corrected chi connectivity index (χ1v) is 12.2. The molecule has 0 bridgehead atoms. The first-order chi connectivity index (χ1) is 14.6. The van der Waals surface area contributed by atoms with Gasteiger partial charge in [0, 0.05) is 51.7 Å². The predicted molar refractivity (Wildman–Crippen MR) is 122 cm³/mol. The maximum absolute atomic E-state index is 12.9. The lowest BCUT2D eigenvalue weighted by atomic mass is 10.0. The number of nitrogens with zero attached hydrogens (tertiary/aromatic N) is 3. The average molecular weight is 465 g/mol. The van der Waals surface area contributed by atoms with E-state index in [-0.39, 0.29) is 16.7 Å². The molecule has 2 amide bonds. The summed E-state index contributed by atoms with van der Waals surface area (Å²) in [4.78, 5) is 30.8. The number of sulfonamides is 1. The number of nitrogens with one attached hydrogen (secondary N) is 1. The Morgan fingerprint density at radius 1 is 1.13 bits per heavy atom. The quantitative estimate of drug-likeness (QED) is 0.709. The molecule has 0 spiro atoms. The molecule has 0 fully saturated rings. The van der Waals surface area contributed by atoms with E-state index < -0.39 is 10.0 Å². The molecule has 0 unspecified atom stereocenters. The zero-order valence-corrected chi connectivity index (χ0v) is 20.1.